The Bertz CT molecular complexity index is 763. The van der Waals surface area contributed by atoms with Gasteiger partial charge in [0.15, 0.2) is 0 Å². The molecule has 0 fully saturated rings. The van der Waals surface area contributed by atoms with Gasteiger partial charge in [0.1, 0.15) is 5.52 Å². The standard InChI is InChI=1S/C15H14N2O/c1-10-3-5-11(6-4-10)13-9-17(2)15(18)14-12(13)7-8-16-14/h3-9,16H,1-2H3. The number of aromatic amines is 1. The molecule has 3 nitrogen and oxygen atoms in total. The lowest BCUT2D eigenvalue weighted by Crippen LogP contribution is -2.16. The highest BCUT2D eigenvalue weighted by atomic mass is 16.1. The first-order valence-electron chi connectivity index (χ1n) is 5.90. The third-order valence-corrected chi connectivity index (χ3v) is 3.26. The summed E-state index contributed by atoms with van der Waals surface area (Å²) in [5.74, 6) is 0. The van der Waals surface area contributed by atoms with Crippen LogP contribution in [0.2, 0.25) is 0 Å². The van der Waals surface area contributed by atoms with Gasteiger partial charge in [0.2, 0.25) is 0 Å². The van der Waals surface area contributed by atoms with E-state index in [1.54, 1.807) is 11.6 Å². The molecule has 3 heteroatoms. The Balaban J connectivity index is 2.35. The molecule has 3 rings (SSSR count). The minimum Gasteiger partial charge on any atom is -0.357 e. The van der Waals surface area contributed by atoms with Gasteiger partial charge in [-0.25, -0.2) is 0 Å². The molecule has 0 amide bonds. The van der Waals surface area contributed by atoms with Gasteiger partial charge in [0.25, 0.3) is 5.56 Å². The summed E-state index contributed by atoms with van der Waals surface area (Å²) in [6, 6.07) is 10.3. The monoisotopic (exact) mass is 238 g/mol. The Hall–Kier alpha value is -2.29. The van der Waals surface area contributed by atoms with Crippen LogP contribution in [-0.4, -0.2) is 9.55 Å². The molecule has 0 radical (unpaired) electrons. The van der Waals surface area contributed by atoms with E-state index in [0.29, 0.717) is 5.52 Å². The highest BCUT2D eigenvalue weighted by molar-refractivity contribution is 5.94. The summed E-state index contributed by atoms with van der Waals surface area (Å²) in [5, 5.41) is 0.974. The van der Waals surface area contributed by atoms with Gasteiger partial charge in [-0.1, -0.05) is 29.8 Å². The van der Waals surface area contributed by atoms with Gasteiger partial charge in [0, 0.05) is 30.4 Å². The maximum absolute atomic E-state index is 12.0. The maximum atomic E-state index is 12.0. The van der Waals surface area contributed by atoms with Crippen molar-refractivity contribution in [3.63, 3.8) is 0 Å². The first-order valence-corrected chi connectivity index (χ1v) is 5.90. The van der Waals surface area contributed by atoms with Crippen LogP contribution in [0.5, 0.6) is 0 Å². The first-order chi connectivity index (χ1) is 8.66. The predicted octanol–water partition coefficient (Wildman–Crippen LogP) is 2.84. The highest BCUT2D eigenvalue weighted by Gasteiger charge is 2.09. The number of pyridine rings is 1. The maximum Gasteiger partial charge on any atom is 0.274 e. The zero-order chi connectivity index (χ0) is 12.7. The molecule has 2 aromatic heterocycles. The van der Waals surface area contributed by atoms with Gasteiger partial charge < -0.3 is 9.55 Å². The Morgan fingerprint density at radius 3 is 2.56 bits per heavy atom. The topological polar surface area (TPSA) is 37.8 Å². The molecule has 0 bridgehead atoms. The lowest BCUT2D eigenvalue weighted by Gasteiger charge is -2.07. The summed E-state index contributed by atoms with van der Waals surface area (Å²) in [6.45, 7) is 2.07. The number of rotatable bonds is 1. The van der Waals surface area contributed by atoms with Crippen LogP contribution < -0.4 is 5.56 Å². The molecule has 0 atom stereocenters. The molecule has 0 spiro atoms. The number of hydrogen-bond acceptors (Lipinski definition) is 1. The molecule has 0 unspecified atom stereocenters. The Labute approximate surface area is 105 Å². The van der Waals surface area contributed by atoms with Crippen molar-refractivity contribution >= 4 is 10.9 Å². The Morgan fingerprint density at radius 2 is 1.83 bits per heavy atom. The van der Waals surface area contributed by atoms with E-state index in [0.717, 1.165) is 16.5 Å². The van der Waals surface area contributed by atoms with Crippen molar-refractivity contribution in [1.82, 2.24) is 9.55 Å². The fourth-order valence-corrected chi connectivity index (χ4v) is 2.23. The zero-order valence-electron chi connectivity index (χ0n) is 10.4. The summed E-state index contributed by atoms with van der Waals surface area (Å²) in [4.78, 5) is 15.0. The first kappa shape index (κ1) is 10.8. The SMILES string of the molecule is Cc1ccc(-c2cn(C)c(=O)c3[nH]ccc23)cc1. The van der Waals surface area contributed by atoms with Crippen LogP contribution in [0.15, 0.2) is 47.5 Å². The van der Waals surface area contributed by atoms with E-state index in [1.807, 2.05) is 18.5 Å². The summed E-state index contributed by atoms with van der Waals surface area (Å²) < 4.78 is 1.62. The van der Waals surface area contributed by atoms with Crippen LogP contribution in [0.3, 0.4) is 0 Å². The molecule has 2 heterocycles. The third kappa shape index (κ3) is 1.56. The second-order valence-electron chi connectivity index (χ2n) is 4.59. The number of nitrogens with zero attached hydrogens (tertiary/aromatic N) is 1. The second-order valence-corrected chi connectivity index (χ2v) is 4.59. The molecule has 0 aliphatic carbocycles. The minimum absolute atomic E-state index is 0.00543. The minimum atomic E-state index is 0.00543. The van der Waals surface area contributed by atoms with Gasteiger partial charge >= 0.3 is 0 Å². The number of benzene rings is 1. The van der Waals surface area contributed by atoms with E-state index in [9.17, 15) is 4.79 Å². The predicted molar refractivity (Wildman–Crippen MR) is 73.7 cm³/mol. The largest absolute Gasteiger partial charge is 0.357 e. The van der Waals surface area contributed by atoms with Crippen molar-refractivity contribution < 1.29 is 0 Å². The molecule has 0 aliphatic heterocycles. The summed E-state index contributed by atoms with van der Waals surface area (Å²) in [6.07, 6.45) is 3.70. The summed E-state index contributed by atoms with van der Waals surface area (Å²) in [7, 11) is 1.78. The number of nitrogens with one attached hydrogen (secondary N) is 1. The van der Waals surface area contributed by atoms with Crippen molar-refractivity contribution in [3.8, 4) is 11.1 Å². The smallest absolute Gasteiger partial charge is 0.274 e. The number of aryl methyl sites for hydroxylation is 2. The number of hydrogen-bond donors (Lipinski definition) is 1. The molecule has 0 aliphatic rings. The highest BCUT2D eigenvalue weighted by Crippen LogP contribution is 2.26. The average molecular weight is 238 g/mol. The van der Waals surface area contributed by atoms with Crippen LogP contribution in [0.4, 0.5) is 0 Å². The van der Waals surface area contributed by atoms with Crippen molar-refractivity contribution in [2.75, 3.05) is 0 Å². The van der Waals surface area contributed by atoms with Crippen LogP contribution in [-0.2, 0) is 7.05 Å². The normalized spacial score (nSPS) is 11.0. The van der Waals surface area contributed by atoms with E-state index in [2.05, 4.69) is 36.2 Å². The fraction of sp³-hybridized carbons (Fsp3) is 0.133. The van der Waals surface area contributed by atoms with E-state index in [4.69, 9.17) is 0 Å². The summed E-state index contributed by atoms with van der Waals surface area (Å²) >= 11 is 0. The van der Waals surface area contributed by atoms with Gasteiger partial charge in [0.05, 0.1) is 0 Å². The fourth-order valence-electron chi connectivity index (χ4n) is 2.23. The lowest BCUT2D eigenvalue weighted by molar-refractivity contribution is 0.872. The van der Waals surface area contributed by atoms with Gasteiger partial charge in [-0.05, 0) is 18.6 Å². The molecule has 0 saturated carbocycles. The van der Waals surface area contributed by atoms with Crippen molar-refractivity contribution in [2.45, 2.75) is 6.92 Å². The van der Waals surface area contributed by atoms with Crippen molar-refractivity contribution in [2.24, 2.45) is 7.05 Å². The third-order valence-electron chi connectivity index (χ3n) is 3.26. The molecular formula is C15H14N2O. The van der Waals surface area contributed by atoms with Gasteiger partial charge in [-0.15, -0.1) is 0 Å². The van der Waals surface area contributed by atoms with Gasteiger partial charge in [-0.2, -0.15) is 0 Å². The lowest BCUT2D eigenvalue weighted by atomic mass is 10.0. The van der Waals surface area contributed by atoms with E-state index in [1.165, 1.54) is 5.56 Å². The molecule has 1 aromatic carbocycles. The average Bonchev–Trinajstić information content (AvgIpc) is 2.84. The zero-order valence-corrected chi connectivity index (χ0v) is 10.4. The molecular weight excluding hydrogens is 224 g/mol. The Kier molecular flexibility index (Phi) is 2.33. The van der Waals surface area contributed by atoms with E-state index < -0.39 is 0 Å². The van der Waals surface area contributed by atoms with Crippen molar-refractivity contribution in [1.29, 1.82) is 0 Å². The van der Waals surface area contributed by atoms with E-state index in [-0.39, 0.29) is 5.56 Å². The molecule has 3 aromatic rings. The second kappa shape index (κ2) is 3.88. The van der Waals surface area contributed by atoms with Crippen LogP contribution >= 0.6 is 0 Å². The Morgan fingerprint density at radius 1 is 1.11 bits per heavy atom. The molecule has 1 N–H and O–H groups in total. The van der Waals surface area contributed by atoms with Crippen LogP contribution in [0.25, 0.3) is 22.0 Å². The number of aromatic nitrogens is 2. The van der Waals surface area contributed by atoms with E-state index >= 15 is 0 Å². The van der Waals surface area contributed by atoms with Crippen LogP contribution in [0.1, 0.15) is 5.56 Å². The quantitative estimate of drug-likeness (QED) is 0.695. The summed E-state index contributed by atoms with van der Waals surface area (Å²) in [5.41, 5.74) is 4.10. The number of H-pyrrole nitrogens is 1. The molecule has 0 saturated heterocycles. The van der Waals surface area contributed by atoms with Gasteiger partial charge in [-0.3, -0.25) is 4.79 Å². The molecule has 90 valence electrons. The van der Waals surface area contributed by atoms with Crippen molar-refractivity contribution in [3.05, 3.63) is 58.6 Å². The molecule has 18 heavy (non-hydrogen) atoms. The number of fused-ring (bicyclic) bond motifs is 1. The van der Waals surface area contributed by atoms with Crippen LogP contribution in [0, 0.1) is 6.92 Å².